The first-order valence-electron chi connectivity index (χ1n) is 5.74. The summed E-state index contributed by atoms with van der Waals surface area (Å²) in [6.45, 7) is 0.468. The molecular weight excluding hydrogens is 249 g/mol. The minimum atomic E-state index is -0.537. The van der Waals surface area contributed by atoms with Gasteiger partial charge in [0.05, 0.1) is 0 Å². The topological polar surface area (TPSA) is 68.1 Å². The molecular formula is C13H12FN3O2. The minimum Gasteiger partial charge on any atom is -0.378 e. The fourth-order valence-corrected chi connectivity index (χ4v) is 1.71. The van der Waals surface area contributed by atoms with Crippen LogP contribution >= 0.6 is 0 Å². The Balaban J connectivity index is 1.98. The summed E-state index contributed by atoms with van der Waals surface area (Å²) in [5.41, 5.74) is 1.20. The first-order valence-corrected chi connectivity index (χ1v) is 5.74. The Bertz CT molecular complexity index is 590. The lowest BCUT2D eigenvalue weighted by molar-refractivity contribution is -0.388. The highest BCUT2D eigenvalue weighted by molar-refractivity contribution is 5.56. The number of hydrogen-bond donors (Lipinski definition) is 1. The summed E-state index contributed by atoms with van der Waals surface area (Å²) >= 11 is 0. The maximum atomic E-state index is 13.0. The zero-order valence-electron chi connectivity index (χ0n) is 10.0. The van der Waals surface area contributed by atoms with Gasteiger partial charge in [0.15, 0.2) is 0 Å². The van der Waals surface area contributed by atoms with E-state index in [9.17, 15) is 14.5 Å². The number of nitrogens with zero attached hydrogens (tertiary/aromatic N) is 2. The van der Waals surface area contributed by atoms with Crippen molar-refractivity contribution >= 4 is 11.5 Å². The summed E-state index contributed by atoms with van der Waals surface area (Å²) in [5, 5.41) is 13.7. The molecule has 1 heterocycles. The van der Waals surface area contributed by atoms with E-state index in [2.05, 4.69) is 10.3 Å². The van der Waals surface area contributed by atoms with Gasteiger partial charge in [-0.3, -0.25) is 0 Å². The third kappa shape index (κ3) is 3.48. The molecule has 1 aromatic carbocycles. The van der Waals surface area contributed by atoms with Crippen molar-refractivity contribution in [2.45, 2.75) is 6.42 Å². The predicted octanol–water partition coefficient (Wildman–Crippen LogP) is 2.78. The molecule has 19 heavy (non-hydrogen) atoms. The van der Waals surface area contributed by atoms with Crippen LogP contribution in [0.5, 0.6) is 0 Å². The van der Waals surface area contributed by atoms with E-state index in [1.807, 2.05) is 6.07 Å². The van der Waals surface area contributed by atoms with Crippen molar-refractivity contribution in [2.24, 2.45) is 0 Å². The van der Waals surface area contributed by atoms with Gasteiger partial charge >= 0.3 is 5.82 Å². The van der Waals surface area contributed by atoms with Crippen molar-refractivity contribution in [1.82, 2.24) is 4.98 Å². The van der Waals surface area contributed by atoms with Crippen LogP contribution in [0.3, 0.4) is 0 Å². The molecule has 0 atom stereocenters. The highest BCUT2D eigenvalue weighted by Crippen LogP contribution is 2.19. The molecule has 0 unspecified atom stereocenters. The third-order valence-corrected chi connectivity index (χ3v) is 2.58. The SMILES string of the molecule is O=[N+]([O-])c1ncccc1NCCc1cccc(F)c1. The van der Waals surface area contributed by atoms with Crippen LogP contribution in [-0.4, -0.2) is 16.5 Å². The Morgan fingerprint density at radius 2 is 2.16 bits per heavy atom. The number of hydrogen-bond acceptors (Lipinski definition) is 4. The van der Waals surface area contributed by atoms with Crippen LogP contribution < -0.4 is 5.32 Å². The molecule has 0 saturated heterocycles. The second-order valence-corrected chi connectivity index (χ2v) is 3.94. The number of benzene rings is 1. The third-order valence-electron chi connectivity index (χ3n) is 2.58. The molecule has 0 saturated carbocycles. The lowest BCUT2D eigenvalue weighted by Gasteiger charge is -2.06. The molecule has 0 bridgehead atoms. The number of anilines is 1. The van der Waals surface area contributed by atoms with Crippen molar-refractivity contribution in [2.75, 3.05) is 11.9 Å². The Kier molecular flexibility index (Phi) is 4.02. The molecule has 0 aliphatic carbocycles. The van der Waals surface area contributed by atoms with Crippen LogP contribution in [0.2, 0.25) is 0 Å². The van der Waals surface area contributed by atoms with E-state index in [0.717, 1.165) is 5.56 Å². The summed E-state index contributed by atoms with van der Waals surface area (Å²) in [7, 11) is 0. The summed E-state index contributed by atoms with van der Waals surface area (Å²) in [6, 6.07) is 9.48. The first kappa shape index (κ1) is 12.9. The molecule has 2 aromatic rings. The van der Waals surface area contributed by atoms with Gasteiger partial charge in [0.1, 0.15) is 17.7 Å². The predicted molar refractivity (Wildman–Crippen MR) is 69.5 cm³/mol. The van der Waals surface area contributed by atoms with Gasteiger partial charge in [0.2, 0.25) is 0 Å². The highest BCUT2D eigenvalue weighted by atomic mass is 19.1. The van der Waals surface area contributed by atoms with Crippen LogP contribution in [0.4, 0.5) is 15.9 Å². The van der Waals surface area contributed by atoms with Gasteiger partial charge in [-0.2, -0.15) is 0 Å². The summed E-state index contributed by atoms with van der Waals surface area (Å²) in [5.74, 6) is -0.494. The number of aromatic nitrogens is 1. The van der Waals surface area contributed by atoms with Gasteiger partial charge in [0, 0.05) is 6.54 Å². The molecule has 1 N–H and O–H groups in total. The molecule has 2 rings (SSSR count). The minimum absolute atomic E-state index is 0.207. The highest BCUT2D eigenvalue weighted by Gasteiger charge is 2.13. The number of nitrogens with one attached hydrogen (secondary N) is 1. The Morgan fingerprint density at radius 1 is 1.32 bits per heavy atom. The van der Waals surface area contributed by atoms with Crippen molar-refractivity contribution in [3.05, 3.63) is 64.1 Å². The molecule has 0 radical (unpaired) electrons. The Labute approximate surface area is 109 Å². The van der Waals surface area contributed by atoms with Gasteiger partial charge in [0.25, 0.3) is 0 Å². The molecule has 6 heteroatoms. The van der Waals surface area contributed by atoms with Gasteiger partial charge in [-0.1, -0.05) is 12.1 Å². The van der Waals surface area contributed by atoms with Crippen molar-refractivity contribution in [1.29, 1.82) is 0 Å². The van der Waals surface area contributed by atoms with E-state index in [-0.39, 0.29) is 11.6 Å². The van der Waals surface area contributed by atoms with Crippen LogP contribution in [0, 0.1) is 15.9 Å². The molecule has 5 nitrogen and oxygen atoms in total. The summed E-state index contributed by atoms with van der Waals surface area (Å²) < 4.78 is 13.0. The fraction of sp³-hybridized carbons (Fsp3) is 0.154. The molecule has 0 spiro atoms. The molecule has 0 fully saturated rings. The molecule has 1 aromatic heterocycles. The molecule has 0 aliphatic heterocycles. The van der Waals surface area contributed by atoms with Gasteiger partial charge < -0.3 is 15.4 Å². The fourth-order valence-electron chi connectivity index (χ4n) is 1.71. The van der Waals surface area contributed by atoms with E-state index in [4.69, 9.17) is 0 Å². The second kappa shape index (κ2) is 5.90. The van der Waals surface area contributed by atoms with Gasteiger partial charge in [-0.25, -0.2) is 4.39 Å². The van der Waals surface area contributed by atoms with Crippen molar-refractivity contribution < 1.29 is 9.31 Å². The smallest absolute Gasteiger partial charge is 0.378 e. The monoisotopic (exact) mass is 261 g/mol. The average Bonchev–Trinajstić information content (AvgIpc) is 2.39. The summed E-state index contributed by atoms with van der Waals surface area (Å²) in [6.07, 6.45) is 1.94. The van der Waals surface area contributed by atoms with Crippen LogP contribution in [0.1, 0.15) is 5.56 Å². The second-order valence-electron chi connectivity index (χ2n) is 3.94. The maximum Gasteiger partial charge on any atom is 0.386 e. The Hall–Kier alpha value is -2.50. The standard InChI is InChI=1S/C13H12FN3O2/c14-11-4-1-3-10(9-11)6-8-15-12-5-2-7-16-13(12)17(18)19/h1-5,7,9,15H,6,8H2. The number of nitro groups is 1. The molecule has 98 valence electrons. The quantitative estimate of drug-likeness (QED) is 0.663. The van der Waals surface area contributed by atoms with E-state index in [1.165, 1.54) is 18.3 Å². The zero-order chi connectivity index (χ0) is 13.7. The lowest BCUT2D eigenvalue weighted by atomic mass is 10.1. The van der Waals surface area contributed by atoms with Crippen molar-refractivity contribution in [3.63, 3.8) is 0 Å². The first-order chi connectivity index (χ1) is 9.16. The maximum absolute atomic E-state index is 13.0. The van der Waals surface area contributed by atoms with Crippen LogP contribution in [0.25, 0.3) is 0 Å². The Morgan fingerprint density at radius 3 is 2.89 bits per heavy atom. The van der Waals surface area contributed by atoms with E-state index < -0.39 is 4.92 Å². The normalized spacial score (nSPS) is 10.2. The van der Waals surface area contributed by atoms with Gasteiger partial charge in [-0.15, -0.1) is 0 Å². The van der Waals surface area contributed by atoms with E-state index in [0.29, 0.717) is 18.7 Å². The largest absolute Gasteiger partial charge is 0.386 e. The molecule has 0 aliphatic rings. The molecule has 0 amide bonds. The van der Waals surface area contributed by atoms with Gasteiger partial charge in [-0.05, 0) is 46.2 Å². The number of pyridine rings is 1. The van der Waals surface area contributed by atoms with Crippen LogP contribution in [-0.2, 0) is 6.42 Å². The average molecular weight is 261 g/mol. The lowest BCUT2D eigenvalue weighted by Crippen LogP contribution is -2.07. The number of rotatable bonds is 5. The van der Waals surface area contributed by atoms with E-state index >= 15 is 0 Å². The van der Waals surface area contributed by atoms with Crippen LogP contribution in [0.15, 0.2) is 42.6 Å². The van der Waals surface area contributed by atoms with E-state index in [1.54, 1.807) is 18.2 Å². The number of halogens is 1. The van der Waals surface area contributed by atoms with Crippen molar-refractivity contribution in [3.8, 4) is 0 Å². The summed E-state index contributed by atoms with van der Waals surface area (Å²) in [4.78, 5) is 13.9. The zero-order valence-corrected chi connectivity index (χ0v) is 10.0.